The van der Waals surface area contributed by atoms with Crippen LogP contribution in [0.4, 0.5) is 10.1 Å². The Labute approximate surface area is 228 Å². The first-order chi connectivity index (χ1) is 18.8. The van der Waals surface area contributed by atoms with Crippen molar-refractivity contribution in [3.8, 4) is 11.5 Å². The molecule has 5 heteroatoms. The first-order valence-corrected chi connectivity index (χ1v) is 13.5. The molecule has 1 aliphatic carbocycles. The summed E-state index contributed by atoms with van der Waals surface area (Å²) < 4.78 is 25.4. The Morgan fingerprint density at radius 2 is 1.72 bits per heavy atom. The van der Waals surface area contributed by atoms with Crippen LogP contribution in [0.3, 0.4) is 0 Å². The minimum absolute atomic E-state index is 0.111. The molecule has 1 aliphatic heterocycles. The molecule has 0 amide bonds. The van der Waals surface area contributed by atoms with E-state index in [1.165, 1.54) is 22.9 Å². The molecule has 1 atom stereocenters. The van der Waals surface area contributed by atoms with Crippen LogP contribution < -0.4 is 14.8 Å². The van der Waals surface area contributed by atoms with Crippen LogP contribution in [0.15, 0.2) is 84.4 Å². The Morgan fingerprint density at radius 3 is 2.51 bits per heavy atom. The summed E-state index contributed by atoms with van der Waals surface area (Å²) in [6.45, 7) is 7.06. The van der Waals surface area contributed by atoms with Crippen molar-refractivity contribution in [1.29, 1.82) is 0 Å². The standard InChI is InChI=1S/C34H32FNO3/c1-4-38-30-17-23(12-16-29(30)39-20-21-9-13-24(35)14-10-21)33-32-26(18-34(2,3)19-28(32)37)31-25-8-6-5-7-22(25)11-15-27(31)36-33/h5-17,33,36H,4,18-20H2,1-3H3/t33-/m1/s1. The molecular weight excluding hydrogens is 489 g/mol. The fourth-order valence-electron chi connectivity index (χ4n) is 5.92. The number of nitrogens with one attached hydrogen (secondary N) is 1. The van der Waals surface area contributed by atoms with E-state index in [0.717, 1.165) is 39.9 Å². The van der Waals surface area contributed by atoms with Crippen LogP contribution in [-0.2, 0) is 11.4 Å². The van der Waals surface area contributed by atoms with E-state index in [4.69, 9.17) is 9.47 Å². The summed E-state index contributed by atoms with van der Waals surface area (Å²) in [5.74, 6) is 1.14. The summed E-state index contributed by atoms with van der Waals surface area (Å²) in [5, 5.41) is 6.04. The van der Waals surface area contributed by atoms with Crippen molar-refractivity contribution in [2.75, 3.05) is 11.9 Å². The van der Waals surface area contributed by atoms with Gasteiger partial charge in [-0.05, 0) is 76.6 Å². The van der Waals surface area contributed by atoms with E-state index in [1.54, 1.807) is 12.1 Å². The van der Waals surface area contributed by atoms with Crippen molar-refractivity contribution in [3.63, 3.8) is 0 Å². The van der Waals surface area contributed by atoms with E-state index in [-0.39, 0.29) is 23.1 Å². The molecule has 0 spiro atoms. The first-order valence-electron chi connectivity index (χ1n) is 13.5. The van der Waals surface area contributed by atoms with Crippen molar-refractivity contribution in [3.05, 3.63) is 107 Å². The number of fused-ring (bicyclic) bond motifs is 4. The average Bonchev–Trinajstić information content (AvgIpc) is 2.92. The van der Waals surface area contributed by atoms with E-state index < -0.39 is 0 Å². The van der Waals surface area contributed by atoms with Gasteiger partial charge in [0.25, 0.3) is 0 Å². The number of ketones is 1. The molecular formula is C34H32FNO3. The van der Waals surface area contributed by atoms with Crippen LogP contribution in [0.25, 0.3) is 16.3 Å². The lowest BCUT2D eigenvalue weighted by atomic mass is 9.68. The Morgan fingerprint density at radius 1 is 0.923 bits per heavy atom. The maximum Gasteiger partial charge on any atom is 0.162 e. The van der Waals surface area contributed by atoms with Crippen molar-refractivity contribution in [2.24, 2.45) is 5.41 Å². The molecule has 0 radical (unpaired) electrons. The molecule has 1 N–H and O–H groups in total. The first kappa shape index (κ1) is 25.2. The second-order valence-corrected chi connectivity index (χ2v) is 11.2. The third-order valence-corrected chi connectivity index (χ3v) is 7.65. The zero-order chi connectivity index (χ0) is 27.1. The highest BCUT2D eigenvalue weighted by molar-refractivity contribution is 6.12. The molecule has 0 unspecified atom stereocenters. The van der Waals surface area contributed by atoms with Gasteiger partial charge >= 0.3 is 0 Å². The van der Waals surface area contributed by atoms with Gasteiger partial charge in [-0.2, -0.15) is 0 Å². The molecule has 4 aromatic carbocycles. The SMILES string of the molecule is CCOc1cc([C@H]2Nc3ccc4ccccc4c3C3=C2C(=O)CC(C)(C)C3)ccc1OCc1ccc(F)cc1. The number of carbonyl (C=O) groups is 1. The molecule has 4 nitrogen and oxygen atoms in total. The van der Waals surface area contributed by atoms with Gasteiger partial charge in [0.15, 0.2) is 17.3 Å². The Bertz CT molecular complexity index is 1600. The number of hydrogen-bond donors (Lipinski definition) is 1. The average molecular weight is 522 g/mol. The summed E-state index contributed by atoms with van der Waals surface area (Å²) in [4.78, 5) is 13.8. The lowest BCUT2D eigenvalue weighted by molar-refractivity contribution is -0.118. The second-order valence-electron chi connectivity index (χ2n) is 11.2. The molecule has 0 saturated carbocycles. The molecule has 0 fully saturated rings. The largest absolute Gasteiger partial charge is 0.490 e. The zero-order valence-electron chi connectivity index (χ0n) is 22.5. The quantitative estimate of drug-likeness (QED) is 0.277. The monoisotopic (exact) mass is 521 g/mol. The van der Waals surface area contributed by atoms with Gasteiger partial charge < -0.3 is 14.8 Å². The highest BCUT2D eigenvalue weighted by Crippen LogP contribution is 2.52. The lowest BCUT2D eigenvalue weighted by Crippen LogP contribution is -2.33. The Kier molecular flexibility index (Phi) is 6.38. The molecule has 39 heavy (non-hydrogen) atoms. The number of allylic oxidation sites excluding steroid dienone is 1. The van der Waals surface area contributed by atoms with Gasteiger partial charge in [0, 0.05) is 23.2 Å². The fourth-order valence-corrected chi connectivity index (χ4v) is 5.92. The third-order valence-electron chi connectivity index (χ3n) is 7.65. The van der Waals surface area contributed by atoms with Crippen LogP contribution >= 0.6 is 0 Å². The summed E-state index contributed by atoms with van der Waals surface area (Å²) in [7, 11) is 0. The number of carbonyl (C=O) groups excluding carboxylic acids is 1. The van der Waals surface area contributed by atoms with Gasteiger partial charge in [-0.25, -0.2) is 4.39 Å². The van der Waals surface area contributed by atoms with Crippen molar-refractivity contribution in [1.82, 2.24) is 0 Å². The molecule has 6 rings (SSSR count). The van der Waals surface area contributed by atoms with E-state index in [9.17, 15) is 9.18 Å². The van der Waals surface area contributed by atoms with Gasteiger partial charge in [-0.15, -0.1) is 0 Å². The van der Waals surface area contributed by atoms with Gasteiger partial charge in [-0.3, -0.25) is 4.79 Å². The van der Waals surface area contributed by atoms with E-state index in [0.29, 0.717) is 31.1 Å². The number of ether oxygens (including phenoxy) is 2. The van der Waals surface area contributed by atoms with Gasteiger partial charge in [-0.1, -0.05) is 62.4 Å². The zero-order valence-corrected chi connectivity index (χ0v) is 22.5. The van der Waals surface area contributed by atoms with Crippen LogP contribution in [0.5, 0.6) is 11.5 Å². The predicted molar refractivity (Wildman–Crippen MR) is 154 cm³/mol. The van der Waals surface area contributed by atoms with Gasteiger partial charge in [0.05, 0.1) is 12.6 Å². The number of Topliss-reactive ketones (excluding diaryl/α,β-unsaturated/α-hetero) is 1. The van der Waals surface area contributed by atoms with E-state index in [1.807, 2.05) is 31.2 Å². The van der Waals surface area contributed by atoms with Gasteiger partial charge in [0.2, 0.25) is 0 Å². The fraction of sp³-hybridized carbons (Fsp3) is 0.265. The number of rotatable bonds is 6. The molecule has 1 heterocycles. The van der Waals surface area contributed by atoms with Gasteiger partial charge in [0.1, 0.15) is 12.4 Å². The van der Waals surface area contributed by atoms with Crippen molar-refractivity contribution >= 4 is 27.8 Å². The number of halogens is 1. The minimum atomic E-state index is -0.289. The van der Waals surface area contributed by atoms with Crippen LogP contribution in [0, 0.1) is 11.2 Å². The van der Waals surface area contributed by atoms with Crippen LogP contribution in [-0.4, -0.2) is 12.4 Å². The summed E-state index contributed by atoms with van der Waals surface area (Å²) >= 11 is 0. The molecule has 2 aliphatic rings. The minimum Gasteiger partial charge on any atom is -0.490 e. The number of benzene rings is 4. The van der Waals surface area contributed by atoms with Crippen LogP contribution in [0.1, 0.15) is 56.3 Å². The second kappa shape index (κ2) is 9.88. The number of hydrogen-bond acceptors (Lipinski definition) is 4. The Hall–Kier alpha value is -4.12. The predicted octanol–water partition coefficient (Wildman–Crippen LogP) is 8.27. The maximum absolute atomic E-state index is 13.8. The summed E-state index contributed by atoms with van der Waals surface area (Å²) in [6.07, 6.45) is 1.35. The van der Waals surface area contributed by atoms with Crippen molar-refractivity contribution in [2.45, 2.75) is 46.3 Å². The summed E-state index contributed by atoms with van der Waals surface area (Å²) in [6, 6.07) is 24.5. The van der Waals surface area contributed by atoms with Crippen molar-refractivity contribution < 1.29 is 18.7 Å². The lowest BCUT2D eigenvalue weighted by Gasteiger charge is -2.40. The summed E-state index contributed by atoms with van der Waals surface area (Å²) in [5.41, 5.74) is 5.88. The molecule has 0 aromatic heterocycles. The topological polar surface area (TPSA) is 47.6 Å². The highest BCUT2D eigenvalue weighted by Gasteiger charge is 2.41. The number of anilines is 1. The Balaban J connectivity index is 1.42. The molecule has 4 aromatic rings. The van der Waals surface area contributed by atoms with Crippen LogP contribution in [0.2, 0.25) is 0 Å². The molecule has 0 saturated heterocycles. The van der Waals surface area contributed by atoms with E-state index in [2.05, 4.69) is 49.5 Å². The molecule has 198 valence electrons. The maximum atomic E-state index is 13.8. The normalized spacial score (nSPS) is 17.8. The highest BCUT2D eigenvalue weighted by atomic mass is 19.1. The third kappa shape index (κ3) is 4.78. The smallest absolute Gasteiger partial charge is 0.162 e. The molecule has 0 bridgehead atoms. The van der Waals surface area contributed by atoms with E-state index >= 15 is 0 Å².